The van der Waals surface area contributed by atoms with E-state index in [-0.39, 0.29) is 17.1 Å². The van der Waals surface area contributed by atoms with Gasteiger partial charge >= 0.3 is 17.1 Å². The molecule has 0 amide bonds. The average Bonchev–Trinajstić information content (AvgIpc) is 0.811. The van der Waals surface area contributed by atoms with Gasteiger partial charge in [0.05, 0.1) is 0 Å². The molecule has 0 heterocycles. The molecule has 5 heavy (non-hydrogen) atoms. The van der Waals surface area contributed by atoms with Gasteiger partial charge < -0.3 is 10.8 Å². The predicted octanol–water partition coefficient (Wildman–Crippen LogP) is -1.13. The first kappa shape index (κ1) is 8.96. The Hall–Kier alpha value is 0.209. The topological polar surface area (TPSA) is 46.2 Å². The van der Waals surface area contributed by atoms with Crippen molar-refractivity contribution in [1.29, 1.82) is 0 Å². The van der Waals surface area contributed by atoms with Crippen LogP contribution in [-0.2, 0) is 0 Å². The zero-order chi connectivity index (χ0) is 3.58. The fourth-order valence-corrected chi connectivity index (χ4v) is 0. The second kappa shape index (κ2) is 4.21. The molecule has 0 aliphatic heterocycles. The molecular weight excluding hydrogens is 153 g/mol. The van der Waals surface area contributed by atoms with Crippen LogP contribution in [0.5, 0.6) is 0 Å². The van der Waals surface area contributed by atoms with Crippen molar-refractivity contribution in [3.8, 4) is 0 Å². The third-order valence-corrected chi connectivity index (χ3v) is 0. The molecular formula is CH5NOSSe. The summed E-state index contributed by atoms with van der Waals surface area (Å²) < 4.78 is 0. The van der Waals surface area contributed by atoms with E-state index in [1.165, 1.54) is 0 Å². The Balaban J connectivity index is 0. The number of hydrogen-bond donors (Lipinski definition) is 2. The van der Waals surface area contributed by atoms with Crippen molar-refractivity contribution in [1.82, 2.24) is 0 Å². The number of rotatable bonds is 0. The van der Waals surface area contributed by atoms with E-state index in [2.05, 4.69) is 18.0 Å². The van der Waals surface area contributed by atoms with Gasteiger partial charge in [-0.15, -0.1) is 0 Å². The Morgan fingerprint density at radius 1 is 1.80 bits per heavy atom. The summed E-state index contributed by atoms with van der Waals surface area (Å²) in [5.41, 5.74) is 4.40. The summed E-state index contributed by atoms with van der Waals surface area (Å²) in [6.45, 7) is 0. The predicted molar refractivity (Wildman–Crippen MR) is 28.0 cm³/mol. The van der Waals surface area contributed by atoms with Gasteiger partial charge in [0.2, 0.25) is 0 Å². The summed E-state index contributed by atoms with van der Waals surface area (Å²) in [6, 6.07) is 0. The Bertz CT molecular complexity index is 34.6. The quantitative estimate of drug-likeness (QED) is 0.346. The molecule has 0 saturated heterocycles. The Morgan fingerprint density at radius 3 is 1.80 bits per heavy atom. The summed E-state index contributed by atoms with van der Waals surface area (Å²) in [7, 11) is 0. The zero-order valence-corrected chi connectivity index (χ0v) is 5.35. The maximum atomic E-state index is 7.56. The second-order valence-electron chi connectivity index (χ2n) is 0.338. The van der Waals surface area contributed by atoms with E-state index in [0.717, 1.165) is 0 Å². The van der Waals surface area contributed by atoms with Crippen LogP contribution in [0.1, 0.15) is 0 Å². The molecule has 0 aromatic heterocycles. The molecule has 0 bridgehead atoms. The number of hydrogen-bond acceptors (Lipinski definition) is 1. The molecule has 0 spiro atoms. The van der Waals surface area contributed by atoms with Crippen molar-refractivity contribution in [3.05, 3.63) is 0 Å². The summed E-state index contributed by atoms with van der Waals surface area (Å²) in [5.74, 6) is 0. The van der Waals surface area contributed by atoms with Gasteiger partial charge in [0.15, 0.2) is 0 Å². The minimum absolute atomic E-state index is 0. The normalized spacial score (nSPS) is 4.80. The van der Waals surface area contributed by atoms with Gasteiger partial charge in [-0.25, -0.2) is 0 Å². The van der Waals surface area contributed by atoms with E-state index in [1.807, 2.05) is 0 Å². The van der Waals surface area contributed by atoms with Gasteiger partial charge in [0, 0.05) is 0 Å². The van der Waals surface area contributed by atoms with E-state index in [1.54, 1.807) is 0 Å². The van der Waals surface area contributed by atoms with Crippen molar-refractivity contribution in [2.75, 3.05) is 0 Å². The van der Waals surface area contributed by atoms with Crippen LogP contribution >= 0.6 is 12.2 Å². The van der Waals surface area contributed by atoms with Crippen LogP contribution in [0.2, 0.25) is 0 Å². The summed E-state index contributed by atoms with van der Waals surface area (Å²) in [6.07, 6.45) is 0. The van der Waals surface area contributed by atoms with E-state index in [0.29, 0.717) is 0 Å². The maximum absolute atomic E-state index is 7.56. The third-order valence-electron chi connectivity index (χ3n) is 0. The van der Waals surface area contributed by atoms with Gasteiger partial charge in [-0.3, -0.25) is 0 Å². The molecule has 0 atom stereocenters. The Labute approximate surface area is 45.8 Å². The van der Waals surface area contributed by atoms with Crippen LogP contribution in [-0.4, -0.2) is 27.3 Å². The van der Waals surface area contributed by atoms with Crippen LogP contribution in [0.25, 0.3) is 0 Å². The Kier molecular flexibility index (Phi) is 7.54. The first-order chi connectivity index (χ1) is 1.73. The average molecular weight is 158 g/mol. The molecule has 0 aliphatic rings. The van der Waals surface area contributed by atoms with E-state index in [9.17, 15) is 0 Å². The molecule has 0 rings (SSSR count). The standard InChI is InChI=1S/CH3NOS.H2Se/c2-1(3)4;/h(H3,2,3,4);1H2. The summed E-state index contributed by atoms with van der Waals surface area (Å²) in [4.78, 5) is 0. The molecule has 3 N–H and O–H groups in total. The number of aliphatic hydroxyl groups excluding tert-OH is 1. The molecule has 0 aliphatic carbocycles. The minimum atomic E-state index is -0.500. The summed E-state index contributed by atoms with van der Waals surface area (Å²) in [5, 5.41) is 7.06. The Morgan fingerprint density at radius 2 is 1.80 bits per heavy atom. The fourth-order valence-electron chi connectivity index (χ4n) is 0. The van der Waals surface area contributed by atoms with E-state index >= 15 is 0 Å². The monoisotopic (exact) mass is 159 g/mol. The molecule has 32 valence electrons. The van der Waals surface area contributed by atoms with Gasteiger partial charge in [-0.2, -0.15) is 0 Å². The number of nitrogens with two attached hydrogens (primary N) is 1. The van der Waals surface area contributed by atoms with E-state index in [4.69, 9.17) is 5.11 Å². The van der Waals surface area contributed by atoms with Gasteiger partial charge in [-0.05, 0) is 12.2 Å². The molecule has 4 heteroatoms. The van der Waals surface area contributed by atoms with E-state index < -0.39 is 5.17 Å². The van der Waals surface area contributed by atoms with Gasteiger partial charge in [0.25, 0.3) is 5.17 Å². The first-order valence-electron chi connectivity index (χ1n) is 0.716. The van der Waals surface area contributed by atoms with Crippen molar-refractivity contribution in [2.24, 2.45) is 5.73 Å². The van der Waals surface area contributed by atoms with Gasteiger partial charge in [0.1, 0.15) is 0 Å². The second-order valence-corrected chi connectivity index (χ2v) is 0.757. The fraction of sp³-hybridized carbons (Fsp3) is 0. The molecule has 0 saturated carbocycles. The summed E-state index contributed by atoms with van der Waals surface area (Å²) >= 11 is 3.87. The first-order valence-corrected chi connectivity index (χ1v) is 1.12. The molecule has 0 aromatic rings. The van der Waals surface area contributed by atoms with Crippen LogP contribution in [0.15, 0.2) is 0 Å². The van der Waals surface area contributed by atoms with Crippen LogP contribution in [0.4, 0.5) is 0 Å². The van der Waals surface area contributed by atoms with Crippen LogP contribution in [0, 0.1) is 0 Å². The molecule has 0 unspecified atom stereocenters. The zero-order valence-electron chi connectivity index (χ0n) is 2.43. The van der Waals surface area contributed by atoms with Crippen molar-refractivity contribution in [2.45, 2.75) is 0 Å². The SMILES string of the molecule is NC(O)=S.[SeH2]. The third kappa shape index (κ3) is 468. The molecule has 0 radical (unpaired) electrons. The number of aliphatic hydroxyl groups is 1. The molecule has 0 aromatic carbocycles. The van der Waals surface area contributed by atoms with Gasteiger partial charge in [-0.1, -0.05) is 0 Å². The molecule has 2 nitrogen and oxygen atoms in total. The number of thiocarbonyl (C=S) groups is 1. The van der Waals surface area contributed by atoms with Crippen molar-refractivity contribution >= 4 is 34.5 Å². The van der Waals surface area contributed by atoms with Crippen LogP contribution in [0.3, 0.4) is 0 Å². The van der Waals surface area contributed by atoms with Crippen molar-refractivity contribution in [3.63, 3.8) is 0 Å². The van der Waals surface area contributed by atoms with Crippen molar-refractivity contribution < 1.29 is 5.11 Å². The van der Waals surface area contributed by atoms with Crippen LogP contribution < -0.4 is 5.73 Å². The molecule has 0 fully saturated rings.